The molecule has 190 valence electrons. The first-order valence-electron chi connectivity index (χ1n) is 11.6. The van der Waals surface area contributed by atoms with Crippen molar-refractivity contribution in [2.24, 2.45) is 4.99 Å². The van der Waals surface area contributed by atoms with Crippen molar-refractivity contribution < 1.29 is 14.5 Å². The van der Waals surface area contributed by atoms with Crippen LogP contribution in [-0.2, 0) is 4.79 Å². The van der Waals surface area contributed by atoms with E-state index in [0.717, 1.165) is 5.56 Å². The predicted octanol–water partition coefficient (Wildman–Crippen LogP) is 3.79. The van der Waals surface area contributed by atoms with Crippen LogP contribution < -0.4 is 24.9 Å². The molecular weight excluding hydrogens is 504 g/mol. The molecule has 1 amide bonds. The largest absolute Gasteiger partial charge is 0.497 e. The predicted molar refractivity (Wildman–Crippen MR) is 145 cm³/mol. The number of aromatic nitrogens is 1. The number of amides is 1. The van der Waals surface area contributed by atoms with Crippen LogP contribution in [0.2, 0.25) is 0 Å². The lowest BCUT2D eigenvalue weighted by Crippen LogP contribution is -2.40. The first kappa shape index (κ1) is 24.8. The van der Waals surface area contributed by atoms with Gasteiger partial charge in [0.15, 0.2) is 4.80 Å². The van der Waals surface area contributed by atoms with E-state index >= 15 is 0 Å². The van der Waals surface area contributed by atoms with E-state index in [-0.39, 0.29) is 17.2 Å². The second kappa shape index (κ2) is 10.3. The molecule has 1 unspecified atom stereocenters. The number of hydrogen-bond donors (Lipinski definition) is 1. The Kier molecular flexibility index (Phi) is 6.71. The smallest absolute Gasteiger partial charge is 0.271 e. The minimum absolute atomic E-state index is 0.0344. The zero-order valence-corrected chi connectivity index (χ0v) is 21.3. The van der Waals surface area contributed by atoms with Crippen molar-refractivity contribution in [3.8, 4) is 5.75 Å². The molecule has 0 fully saturated rings. The number of carbonyl (C=O) groups is 1. The molecule has 9 nitrogen and oxygen atoms in total. The third kappa shape index (κ3) is 4.76. The molecular formula is C28H22N4O5S. The molecule has 0 aliphatic carbocycles. The van der Waals surface area contributed by atoms with Crippen LogP contribution >= 0.6 is 11.3 Å². The summed E-state index contributed by atoms with van der Waals surface area (Å²) in [6.07, 6.45) is 1.67. The standard InChI is InChI=1S/C28H22N4O5S/c1-17-24(26(33)30-20-6-4-3-5-7-20)25(19-10-14-22(37-2)15-11-19)31-27(34)23(38-28(31)29-17)16-18-8-12-21(13-9-18)32(35)36/h3-16,25H,1-2H3,(H,30,33)/b23-16+. The van der Waals surface area contributed by atoms with Crippen molar-refractivity contribution in [3.63, 3.8) is 0 Å². The summed E-state index contributed by atoms with van der Waals surface area (Å²) in [6.45, 7) is 1.75. The molecule has 38 heavy (non-hydrogen) atoms. The number of benzene rings is 3. The summed E-state index contributed by atoms with van der Waals surface area (Å²) in [4.78, 5) is 42.9. The van der Waals surface area contributed by atoms with E-state index in [2.05, 4.69) is 10.3 Å². The Morgan fingerprint density at radius 1 is 1.08 bits per heavy atom. The second-order valence-corrected chi connectivity index (χ2v) is 9.53. The summed E-state index contributed by atoms with van der Waals surface area (Å²) >= 11 is 1.20. The minimum atomic E-state index is -0.722. The van der Waals surface area contributed by atoms with Gasteiger partial charge in [-0.15, -0.1) is 0 Å². The number of nitro benzene ring substituents is 1. The van der Waals surface area contributed by atoms with Gasteiger partial charge in [-0.2, -0.15) is 0 Å². The van der Waals surface area contributed by atoms with Crippen LogP contribution in [0.15, 0.2) is 99.9 Å². The van der Waals surface area contributed by atoms with E-state index in [1.54, 1.807) is 56.5 Å². The molecule has 4 aromatic rings. The molecule has 10 heteroatoms. The Bertz CT molecular complexity index is 1740. The summed E-state index contributed by atoms with van der Waals surface area (Å²) in [6, 6.07) is 21.5. The Morgan fingerprint density at radius 3 is 2.39 bits per heavy atom. The number of rotatable bonds is 6. The highest BCUT2D eigenvalue weighted by atomic mass is 32.1. The van der Waals surface area contributed by atoms with Crippen LogP contribution in [0.3, 0.4) is 0 Å². The zero-order chi connectivity index (χ0) is 26.8. The number of ether oxygens (including phenoxy) is 1. The molecule has 0 bridgehead atoms. The van der Waals surface area contributed by atoms with E-state index in [0.29, 0.717) is 37.6 Å². The number of para-hydroxylation sites is 1. The lowest BCUT2D eigenvalue weighted by Gasteiger charge is -2.25. The number of thiazole rings is 1. The average molecular weight is 527 g/mol. The van der Waals surface area contributed by atoms with Gasteiger partial charge in [0.25, 0.3) is 17.2 Å². The maximum Gasteiger partial charge on any atom is 0.271 e. The number of nitrogens with zero attached hydrogens (tertiary/aromatic N) is 3. The molecule has 1 N–H and O–H groups in total. The number of carbonyl (C=O) groups excluding carboxylic acids is 1. The fourth-order valence-electron chi connectivity index (χ4n) is 4.28. The maximum atomic E-state index is 13.7. The molecule has 1 aliphatic heterocycles. The van der Waals surface area contributed by atoms with Gasteiger partial charge in [0, 0.05) is 17.8 Å². The van der Waals surface area contributed by atoms with Gasteiger partial charge in [-0.3, -0.25) is 24.3 Å². The van der Waals surface area contributed by atoms with Gasteiger partial charge in [-0.25, -0.2) is 4.99 Å². The van der Waals surface area contributed by atoms with E-state index in [1.807, 2.05) is 30.3 Å². The highest BCUT2D eigenvalue weighted by molar-refractivity contribution is 7.07. The second-order valence-electron chi connectivity index (χ2n) is 8.52. The molecule has 5 rings (SSSR count). The highest BCUT2D eigenvalue weighted by Crippen LogP contribution is 2.31. The first-order valence-corrected chi connectivity index (χ1v) is 12.4. The van der Waals surface area contributed by atoms with Crippen LogP contribution in [0.1, 0.15) is 24.1 Å². The first-order chi connectivity index (χ1) is 18.4. The van der Waals surface area contributed by atoms with Crippen molar-refractivity contribution in [1.29, 1.82) is 0 Å². The normalized spacial score (nSPS) is 15.0. The van der Waals surface area contributed by atoms with Gasteiger partial charge >= 0.3 is 0 Å². The zero-order valence-electron chi connectivity index (χ0n) is 20.5. The van der Waals surface area contributed by atoms with Gasteiger partial charge in [0.05, 0.1) is 33.9 Å². The molecule has 0 saturated heterocycles. The van der Waals surface area contributed by atoms with Gasteiger partial charge < -0.3 is 10.1 Å². The maximum absolute atomic E-state index is 13.7. The van der Waals surface area contributed by atoms with Gasteiger partial charge in [0.2, 0.25) is 0 Å². The van der Waals surface area contributed by atoms with Crippen LogP contribution in [0, 0.1) is 10.1 Å². The lowest BCUT2D eigenvalue weighted by molar-refractivity contribution is -0.384. The van der Waals surface area contributed by atoms with Gasteiger partial charge in [-0.05, 0) is 60.5 Å². The van der Waals surface area contributed by atoms with Crippen molar-refractivity contribution in [3.05, 3.63) is 131 Å². The van der Waals surface area contributed by atoms with Gasteiger partial charge in [-0.1, -0.05) is 41.7 Å². The van der Waals surface area contributed by atoms with Gasteiger partial charge in [0.1, 0.15) is 5.75 Å². The molecule has 0 saturated carbocycles. The van der Waals surface area contributed by atoms with Crippen molar-refractivity contribution in [2.45, 2.75) is 13.0 Å². The van der Waals surface area contributed by atoms with Crippen LogP contribution in [-0.4, -0.2) is 22.5 Å². The molecule has 1 aliphatic rings. The van der Waals surface area contributed by atoms with E-state index in [4.69, 9.17) is 4.74 Å². The monoisotopic (exact) mass is 526 g/mol. The summed E-state index contributed by atoms with van der Waals surface area (Å²) in [5.41, 5.74) is 2.50. The molecule has 3 aromatic carbocycles. The summed E-state index contributed by atoms with van der Waals surface area (Å²) in [7, 11) is 1.57. The fraction of sp³-hybridized carbons (Fsp3) is 0.107. The minimum Gasteiger partial charge on any atom is -0.497 e. The Hall–Kier alpha value is -4.83. The lowest BCUT2D eigenvalue weighted by atomic mass is 9.95. The highest BCUT2D eigenvalue weighted by Gasteiger charge is 2.32. The Morgan fingerprint density at radius 2 is 1.76 bits per heavy atom. The Balaban J connectivity index is 1.64. The summed E-state index contributed by atoms with van der Waals surface area (Å²) < 4.78 is 7.22. The number of non-ortho nitro benzene ring substituents is 1. The summed E-state index contributed by atoms with van der Waals surface area (Å²) in [5.74, 6) is 0.290. The molecule has 0 radical (unpaired) electrons. The number of nitro groups is 1. The van der Waals surface area contributed by atoms with Crippen LogP contribution in [0.5, 0.6) is 5.75 Å². The summed E-state index contributed by atoms with van der Waals surface area (Å²) in [5, 5.41) is 13.9. The number of allylic oxidation sites excluding steroid dienone is 1. The van der Waals surface area contributed by atoms with Crippen LogP contribution in [0.4, 0.5) is 11.4 Å². The molecule has 2 heterocycles. The van der Waals surface area contributed by atoms with Crippen LogP contribution in [0.25, 0.3) is 6.08 Å². The SMILES string of the molecule is COc1ccc(C2C(C(=O)Nc3ccccc3)=C(C)N=c3s/c(=C/c4ccc([N+](=O)[O-])cc4)c(=O)n32)cc1. The molecule has 1 atom stereocenters. The number of fused-ring (bicyclic) bond motifs is 1. The average Bonchev–Trinajstić information content (AvgIpc) is 3.22. The van der Waals surface area contributed by atoms with Crippen molar-refractivity contribution in [2.75, 3.05) is 12.4 Å². The Labute approximate surface area is 220 Å². The van der Waals surface area contributed by atoms with E-state index in [9.17, 15) is 19.7 Å². The van der Waals surface area contributed by atoms with E-state index in [1.165, 1.54) is 28.0 Å². The quantitative estimate of drug-likeness (QED) is 0.303. The number of nitrogens with one attached hydrogen (secondary N) is 1. The fourth-order valence-corrected chi connectivity index (χ4v) is 5.32. The molecule has 1 aromatic heterocycles. The number of methoxy groups -OCH3 is 1. The molecule has 0 spiro atoms. The van der Waals surface area contributed by atoms with Crippen molar-refractivity contribution in [1.82, 2.24) is 4.57 Å². The number of hydrogen-bond acceptors (Lipinski definition) is 7. The topological polar surface area (TPSA) is 116 Å². The van der Waals surface area contributed by atoms with E-state index < -0.39 is 11.0 Å². The third-order valence-corrected chi connectivity index (χ3v) is 7.11. The third-order valence-electron chi connectivity index (χ3n) is 6.13. The van der Waals surface area contributed by atoms with Crippen molar-refractivity contribution >= 4 is 34.7 Å². The number of anilines is 1.